The van der Waals surface area contributed by atoms with E-state index in [1.54, 1.807) is 6.07 Å². The van der Waals surface area contributed by atoms with Crippen molar-refractivity contribution in [2.45, 2.75) is 20.3 Å². The summed E-state index contributed by atoms with van der Waals surface area (Å²) in [6, 6.07) is 1.55. The molecule has 1 aromatic rings. The van der Waals surface area contributed by atoms with Gasteiger partial charge in [-0.05, 0) is 18.9 Å². The average molecular weight is 166 g/mol. The smallest absolute Gasteiger partial charge is 0.258 e. The van der Waals surface area contributed by atoms with E-state index in [2.05, 4.69) is 4.98 Å². The van der Waals surface area contributed by atoms with Crippen LogP contribution in [0.15, 0.2) is 12.3 Å². The summed E-state index contributed by atoms with van der Waals surface area (Å²) in [5, 5.41) is 10.3. The Morgan fingerprint density at radius 2 is 2.33 bits per heavy atom. The third-order valence-electron chi connectivity index (χ3n) is 1.72. The molecular formula is C8H10N2O2. The summed E-state index contributed by atoms with van der Waals surface area (Å²) in [5.74, 6) is 0. The maximum absolute atomic E-state index is 10.3. The van der Waals surface area contributed by atoms with Gasteiger partial charge in [0.1, 0.15) is 6.20 Å². The molecule has 0 atom stereocenters. The van der Waals surface area contributed by atoms with Crippen molar-refractivity contribution >= 4 is 5.69 Å². The summed E-state index contributed by atoms with van der Waals surface area (Å²) in [6.45, 7) is 3.81. The normalized spacial score (nSPS) is 9.83. The number of nitro groups is 1. The first-order chi connectivity index (χ1) is 5.65. The number of pyridine rings is 1. The molecule has 0 N–H and O–H groups in total. The van der Waals surface area contributed by atoms with Crippen molar-refractivity contribution in [3.05, 3.63) is 33.6 Å². The van der Waals surface area contributed by atoms with Crippen LogP contribution >= 0.6 is 0 Å². The molecule has 0 radical (unpaired) electrons. The summed E-state index contributed by atoms with van der Waals surface area (Å²) in [6.07, 6.45) is 2.11. The van der Waals surface area contributed by atoms with E-state index in [-0.39, 0.29) is 5.69 Å². The predicted octanol–water partition coefficient (Wildman–Crippen LogP) is 1.86. The van der Waals surface area contributed by atoms with Crippen LogP contribution in [0.5, 0.6) is 0 Å². The summed E-state index contributed by atoms with van der Waals surface area (Å²) in [5.41, 5.74) is 1.86. The van der Waals surface area contributed by atoms with E-state index in [4.69, 9.17) is 0 Å². The summed E-state index contributed by atoms with van der Waals surface area (Å²) < 4.78 is 0. The second-order valence-electron chi connectivity index (χ2n) is 2.57. The standard InChI is InChI=1S/C8H10N2O2/c1-3-8-6(2)4-7(5-9-8)10(11)12/h4-5H,3H2,1-2H3. The molecule has 0 unspecified atom stereocenters. The molecule has 0 aliphatic carbocycles. The van der Waals surface area contributed by atoms with Crippen LogP contribution in [0.1, 0.15) is 18.2 Å². The van der Waals surface area contributed by atoms with Gasteiger partial charge in [0.2, 0.25) is 0 Å². The minimum atomic E-state index is -0.431. The quantitative estimate of drug-likeness (QED) is 0.497. The van der Waals surface area contributed by atoms with E-state index in [0.717, 1.165) is 17.7 Å². The van der Waals surface area contributed by atoms with Crippen LogP contribution in [-0.2, 0) is 6.42 Å². The average Bonchev–Trinajstić information content (AvgIpc) is 2.04. The summed E-state index contributed by atoms with van der Waals surface area (Å²) in [4.78, 5) is 13.9. The van der Waals surface area contributed by atoms with Crippen LogP contribution in [0.2, 0.25) is 0 Å². The van der Waals surface area contributed by atoms with Crippen LogP contribution in [0.4, 0.5) is 5.69 Å². The van der Waals surface area contributed by atoms with Crippen LogP contribution in [0.3, 0.4) is 0 Å². The first kappa shape index (κ1) is 8.64. The monoisotopic (exact) mass is 166 g/mol. The lowest BCUT2D eigenvalue weighted by Crippen LogP contribution is -1.95. The summed E-state index contributed by atoms with van der Waals surface area (Å²) >= 11 is 0. The van der Waals surface area contributed by atoms with E-state index >= 15 is 0 Å². The molecule has 4 heteroatoms. The lowest BCUT2D eigenvalue weighted by atomic mass is 10.2. The lowest BCUT2D eigenvalue weighted by Gasteiger charge is -1.99. The highest BCUT2D eigenvalue weighted by Gasteiger charge is 2.07. The molecule has 0 saturated carbocycles. The molecule has 64 valence electrons. The van der Waals surface area contributed by atoms with Gasteiger partial charge in [-0.3, -0.25) is 15.1 Å². The van der Waals surface area contributed by atoms with Gasteiger partial charge in [0.15, 0.2) is 0 Å². The van der Waals surface area contributed by atoms with E-state index < -0.39 is 4.92 Å². The molecule has 12 heavy (non-hydrogen) atoms. The molecular weight excluding hydrogens is 156 g/mol. The van der Waals surface area contributed by atoms with Gasteiger partial charge in [-0.2, -0.15) is 0 Å². The maximum atomic E-state index is 10.3. The number of aromatic nitrogens is 1. The molecule has 0 aliphatic rings. The maximum Gasteiger partial charge on any atom is 0.287 e. The molecule has 0 bridgehead atoms. The molecule has 0 spiro atoms. The van der Waals surface area contributed by atoms with Crippen LogP contribution in [0, 0.1) is 17.0 Å². The SMILES string of the molecule is CCc1ncc([N+](=O)[O-])cc1C. The number of hydrogen-bond donors (Lipinski definition) is 0. The molecule has 1 aromatic heterocycles. The first-order valence-corrected chi connectivity index (χ1v) is 3.75. The number of nitrogens with zero attached hydrogens (tertiary/aromatic N) is 2. The van der Waals surface area contributed by atoms with Gasteiger partial charge in [0, 0.05) is 11.8 Å². The molecule has 0 saturated heterocycles. The van der Waals surface area contributed by atoms with Crippen LogP contribution < -0.4 is 0 Å². The fourth-order valence-corrected chi connectivity index (χ4v) is 1.06. The Labute approximate surface area is 70.4 Å². The minimum absolute atomic E-state index is 0.0599. The van der Waals surface area contributed by atoms with Gasteiger partial charge >= 0.3 is 0 Å². The van der Waals surface area contributed by atoms with E-state index in [1.807, 2.05) is 13.8 Å². The largest absolute Gasteiger partial charge is 0.287 e. The Morgan fingerprint density at radius 3 is 2.75 bits per heavy atom. The molecule has 0 aromatic carbocycles. The second kappa shape index (κ2) is 3.30. The van der Waals surface area contributed by atoms with Gasteiger partial charge in [-0.25, -0.2) is 0 Å². The fraction of sp³-hybridized carbons (Fsp3) is 0.375. The highest BCUT2D eigenvalue weighted by molar-refractivity contribution is 5.33. The molecule has 1 heterocycles. The Hall–Kier alpha value is -1.45. The van der Waals surface area contributed by atoms with Crippen molar-refractivity contribution in [1.82, 2.24) is 4.98 Å². The highest BCUT2D eigenvalue weighted by atomic mass is 16.6. The van der Waals surface area contributed by atoms with Crippen molar-refractivity contribution in [2.24, 2.45) is 0 Å². The number of hydrogen-bond acceptors (Lipinski definition) is 3. The molecule has 0 fully saturated rings. The van der Waals surface area contributed by atoms with Gasteiger partial charge < -0.3 is 0 Å². The zero-order chi connectivity index (χ0) is 9.14. The fourth-order valence-electron chi connectivity index (χ4n) is 1.06. The Bertz CT molecular complexity index is 310. The molecule has 4 nitrogen and oxygen atoms in total. The van der Waals surface area contributed by atoms with Crippen molar-refractivity contribution in [3.63, 3.8) is 0 Å². The number of rotatable bonds is 2. The Kier molecular flexibility index (Phi) is 2.38. The van der Waals surface area contributed by atoms with Gasteiger partial charge in [0.05, 0.1) is 4.92 Å². The number of aryl methyl sites for hydroxylation is 2. The molecule has 1 rings (SSSR count). The van der Waals surface area contributed by atoms with E-state index in [0.29, 0.717) is 0 Å². The van der Waals surface area contributed by atoms with Gasteiger partial charge in [-0.15, -0.1) is 0 Å². The van der Waals surface area contributed by atoms with Crippen molar-refractivity contribution in [3.8, 4) is 0 Å². The zero-order valence-electron chi connectivity index (χ0n) is 7.07. The molecule has 0 aliphatic heterocycles. The van der Waals surface area contributed by atoms with Crippen LogP contribution in [0.25, 0.3) is 0 Å². The van der Waals surface area contributed by atoms with Gasteiger partial charge in [-0.1, -0.05) is 6.92 Å². The van der Waals surface area contributed by atoms with Gasteiger partial charge in [0.25, 0.3) is 5.69 Å². The lowest BCUT2D eigenvalue weighted by molar-refractivity contribution is -0.385. The molecule has 0 amide bonds. The third-order valence-corrected chi connectivity index (χ3v) is 1.72. The van der Waals surface area contributed by atoms with Crippen molar-refractivity contribution < 1.29 is 4.92 Å². The van der Waals surface area contributed by atoms with Crippen LogP contribution in [-0.4, -0.2) is 9.91 Å². The Balaban J connectivity index is 3.10. The van der Waals surface area contributed by atoms with Crippen molar-refractivity contribution in [1.29, 1.82) is 0 Å². The van der Waals surface area contributed by atoms with E-state index in [9.17, 15) is 10.1 Å². The highest BCUT2D eigenvalue weighted by Crippen LogP contribution is 2.14. The minimum Gasteiger partial charge on any atom is -0.258 e. The van der Waals surface area contributed by atoms with E-state index in [1.165, 1.54) is 6.20 Å². The summed E-state index contributed by atoms with van der Waals surface area (Å²) in [7, 11) is 0. The first-order valence-electron chi connectivity index (χ1n) is 3.75. The Morgan fingerprint density at radius 1 is 1.67 bits per heavy atom. The topological polar surface area (TPSA) is 56.0 Å². The predicted molar refractivity (Wildman–Crippen MR) is 45.0 cm³/mol. The van der Waals surface area contributed by atoms with Crippen molar-refractivity contribution in [2.75, 3.05) is 0 Å². The zero-order valence-corrected chi connectivity index (χ0v) is 7.07. The third kappa shape index (κ3) is 1.58. The second-order valence-corrected chi connectivity index (χ2v) is 2.57.